The second-order valence-corrected chi connectivity index (χ2v) is 7.66. The van der Waals surface area contributed by atoms with Crippen LogP contribution in [-0.2, 0) is 16.1 Å². The summed E-state index contributed by atoms with van der Waals surface area (Å²) in [5.41, 5.74) is 3.28. The van der Waals surface area contributed by atoms with Crippen molar-refractivity contribution >= 4 is 23.5 Å². The summed E-state index contributed by atoms with van der Waals surface area (Å²) in [6.07, 6.45) is 0. The van der Waals surface area contributed by atoms with Gasteiger partial charge in [-0.1, -0.05) is 41.9 Å². The topological polar surface area (TPSA) is 74.7 Å². The Labute approximate surface area is 198 Å². The van der Waals surface area contributed by atoms with Crippen LogP contribution in [0.4, 0.5) is 0 Å². The number of aromatic nitrogens is 1. The van der Waals surface area contributed by atoms with Crippen molar-refractivity contribution in [2.45, 2.75) is 34.3 Å². The summed E-state index contributed by atoms with van der Waals surface area (Å²) in [5.74, 6) is -0.542. The SMILES string of the molecule is CCOC(=O)c1c(C)nc(C)c(C(=O)OCC)c1-c1cccc(OCc2ccccc2Cl)c1. The molecule has 0 spiro atoms. The number of halogens is 1. The van der Waals surface area contributed by atoms with Crippen molar-refractivity contribution in [1.29, 1.82) is 0 Å². The first-order valence-electron chi connectivity index (χ1n) is 10.7. The van der Waals surface area contributed by atoms with Gasteiger partial charge in [0.1, 0.15) is 12.4 Å². The van der Waals surface area contributed by atoms with Gasteiger partial charge in [0.25, 0.3) is 0 Å². The molecule has 0 atom stereocenters. The Morgan fingerprint density at radius 2 is 1.48 bits per heavy atom. The molecule has 172 valence electrons. The van der Waals surface area contributed by atoms with E-state index >= 15 is 0 Å². The highest BCUT2D eigenvalue weighted by Gasteiger charge is 2.28. The van der Waals surface area contributed by atoms with E-state index in [1.54, 1.807) is 52.0 Å². The highest BCUT2D eigenvalue weighted by atomic mass is 35.5. The van der Waals surface area contributed by atoms with Crippen LogP contribution in [-0.4, -0.2) is 30.1 Å². The van der Waals surface area contributed by atoms with E-state index in [1.165, 1.54) is 0 Å². The highest BCUT2D eigenvalue weighted by molar-refractivity contribution is 6.31. The van der Waals surface area contributed by atoms with Crippen molar-refractivity contribution in [2.24, 2.45) is 0 Å². The molecule has 0 aliphatic heterocycles. The average Bonchev–Trinajstić information content (AvgIpc) is 2.78. The van der Waals surface area contributed by atoms with Crippen LogP contribution in [0.15, 0.2) is 48.5 Å². The Hall–Kier alpha value is -3.38. The zero-order chi connectivity index (χ0) is 24.0. The summed E-state index contributed by atoms with van der Waals surface area (Å²) in [7, 11) is 0. The third-order valence-electron chi connectivity index (χ3n) is 4.99. The summed E-state index contributed by atoms with van der Waals surface area (Å²) in [6, 6.07) is 14.6. The fourth-order valence-electron chi connectivity index (χ4n) is 3.56. The van der Waals surface area contributed by atoms with Crippen LogP contribution >= 0.6 is 11.6 Å². The van der Waals surface area contributed by atoms with Crippen molar-refractivity contribution in [1.82, 2.24) is 4.98 Å². The van der Waals surface area contributed by atoms with E-state index in [1.807, 2.05) is 24.3 Å². The standard InChI is InChI=1S/C26H26ClNO5/c1-5-31-25(29)22-16(3)28-17(4)23(26(30)32-6-2)24(22)18-11-9-12-20(14-18)33-15-19-10-7-8-13-21(19)27/h7-14H,5-6,15H2,1-4H3. The number of pyridine rings is 1. The molecule has 0 aliphatic rings. The maximum atomic E-state index is 12.9. The summed E-state index contributed by atoms with van der Waals surface area (Å²) >= 11 is 6.23. The number of ether oxygens (including phenoxy) is 3. The Morgan fingerprint density at radius 3 is 2.06 bits per heavy atom. The van der Waals surface area contributed by atoms with Crippen LogP contribution in [0.5, 0.6) is 5.75 Å². The molecule has 2 aromatic carbocycles. The van der Waals surface area contributed by atoms with Crippen molar-refractivity contribution in [3.05, 3.63) is 81.6 Å². The minimum absolute atomic E-state index is 0.196. The van der Waals surface area contributed by atoms with E-state index in [0.29, 0.717) is 33.3 Å². The predicted octanol–water partition coefficient (Wildman–Crippen LogP) is 5.95. The molecule has 0 saturated heterocycles. The fourth-order valence-corrected chi connectivity index (χ4v) is 3.75. The largest absolute Gasteiger partial charge is 0.489 e. The lowest BCUT2D eigenvalue weighted by Crippen LogP contribution is -2.17. The molecule has 1 heterocycles. The van der Waals surface area contributed by atoms with Gasteiger partial charge in [0, 0.05) is 16.1 Å². The lowest BCUT2D eigenvalue weighted by molar-refractivity contribution is 0.0525. The van der Waals surface area contributed by atoms with Crippen molar-refractivity contribution in [3.8, 4) is 16.9 Å². The van der Waals surface area contributed by atoms with Gasteiger partial charge >= 0.3 is 11.9 Å². The lowest BCUT2D eigenvalue weighted by atomic mass is 9.92. The Kier molecular flexibility index (Phi) is 8.06. The van der Waals surface area contributed by atoms with Crippen LogP contribution < -0.4 is 4.74 Å². The number of carbonyl (C=O) groups excluding carboxylic acids is 2. The summed E-state index contributed by atoms with van der Waals surface area (Å²) in [4.78, 5) is 30.2. The molecule has 3 rings (SSSR count). The van der Waals surface area contributed by atoms with Gasteiger partial charge in [0.15, 0.2) is 0 Å². The van der Waals surface area contributed by atoms with Crippen molar-refractivity contribution in [3.63, 3.8) is 0 Å². The van der Waals surface area contributed by atoms with Gasteiger partial charge in [0.2, 0.25) is 0 Å². The molecule has 0 bridgehead atoms. The second kappa shape index (κ2) is 11.0. The minimum Gasteiger partial charge on any atom is -0.489 e. The molecule has 7 heteroatoms. The van der Waals surface area contributed by atoms with Crippen LogP contribution in [0, 0.1) is 13.8 Å². The number of nitrogens with zero attached hydrogens (tertiary/aromatic N) is 1. The maximum Gasteiger partial charge on any atom is 0.340 e. The maximum absolute atomic E-state index is 12.9. The molecule has 33 heavy (non-hydrogen) atoms. The van der Waals surface area contributed by atoms with Crippen LogP contribution in [0.2, 0.25) is 5.02 Å². The van der Waals surface area contributed by atoms with E-state index in [4.69, 9.17) is 25.8 Å². The van der Waals surface area contributed by atoms with Crippen molar-refractivity contribution < 1.29 is 23.8 Å². The quantitative estimate of drug-likeness (QED) is 0.381. The van der Waals surface area contributed by atoms with Gasteiger partial charge in [-0.2, -0.15) is 0 Å². The average molecular weight is 468 g/mol. The molecule has 0 unspecified atom stereocenters. The first kappa shape index (κ1) is 24.3. The number of aryl methyl sites for hydroxylation is 2. The van der Waals surface area contributed by atoms with Gasteiger partial charge in [-0.05, 0) is 51.5 Å². The van der Waals surface area contributed by atoms with Gasteiger partial charge in [-0.25, -0.2) is 9.59 Å². The number of hydrogen-bond donors (Lipinski definition) is 0. The third kappa shape index (κ3) is 5.52. The Balaban J connectivity index is 2.12. The van der Waals surface area contributed by atoms with Crippen LogP contribution in [0.1, 0.15) is 51.5 Å². The Bertz CT molecular complexity index is 1130. The van der Waals surface area contributed by atoms with E-state index in [2.05, 4.69) is 4.98 Å². The minimum atomic E-state index is -0.551. The summed E-state index contributed by atoms with van der Waals surface area (Å²) in [6.45, 7) is 7.55. The molecule has 6 nitrogen and oxygen atoms in total. The van der Waals surface area contributed by atoms with Gasteiger partial charge in [-0.3, -0.25) is 4.98 Å². The third-order valence-corrected chi connectivity index (χ3v) is 5.36. The monoisotopic (exact) mass is 467 g/mol. The molecule has 1 aromatic heterocycles. The number of esters is 2. The molecule has 0 aliphatic carbocycles. The predicted molar refractivity (Wildman–Crippen MR) is 127 cm³/mol. The molecule has 0 amide bonds. The van der Waals surface area contributed by atoms with Gasteiger partial charge < -0.3 is 14.2 Å². The number of carbonyl (C=O) groups is 2. The van der Waals surface area contributed by atoms with Gasteiger partial charge in [-0.15, -0.1) is 0 Å². The number of benzene rings is 2. The van der Waals surface area contributed by atoms with Crippen molar-refractivity contribution in [2.75, 3.05) is 13.2 Å². The van der Waals surface area contributed by atoms with E-state index in [0.717, 1.165) is 5.56 Å². The van der Waals surface area contributed by atoms with Crippen LogP contribution in [0.3, 0.4) is 0 Å². The first-order chi connectivity index (χ1) is 15.9. The number of rotatable bonds is 8. The molecular formula is C26H26ClNO5. The molecular weight excluding hydrogens is 442 g/mol. The van der Waals surface area contributed by atoms with E-state index in [9.17, 15) is 9.59 Å². The normalized spacial score (nSPS) is 10.6. The fraction of sp³-hybridized carbons (Fsp3) is 0.269. The Morgan fingerprint density at radius 1 is 0.879 bits per heavy atom. The highest BCUT2D eigenvalue weighted by Crippen LogP contribution is 2.34. The smallest absolute Gasteiger partial charge is 0.340 e. The molecule has 0 fully saturated rings. The summed E-state index contributed by atoms with van der Waals surface area (Å²) < 4.78 is 16.5. The van der Waals surface area contributed by atoms with E-state index in [-0.39, 0.29) is 30.9 Å². The first-order valence-corrected chi connectivity index (χ1v) is 11.1. The molecule has 3 aromatic rings. The van der Waals surface area contributed by atoms with Crippen LogP contribution in [0.25, 0.3) is 11.1 Å². The lowest BCUT2D eigenvalue weighted by Gasteiger charge is -2.18. The molecule has 0 N–H and O–H groups in total. The van der Waals surface area contributed by atoms with E-state index < -0.39 is 11.9 Å². The van der Waals surface area contributed by atoms with Gasteiger partial charge in [0.05, 0.1) is 35.7 Å². The number of hydrogen-bond acceptors (Lipinski definition) is 6. The second-order valence-electron chi connectivity index (χ2n) is 7.26. The molecule has 0 radical (unpaired) electrons. The molecule has 0 saturated carbocycles. The summed E-state index contributed by atoms with van der Waals surface area (Å²) in [5, 5.41) is 0.614. The zero-order valence-electron chi connectivity index (χ0n) is 19.1. The zero-order valence-corrected chi connectivity index (χ0v) is 19.9.